The Morgan fingerprint density at radius 1 is 1.12 bits per heavy atom. The summed E-state index contributed by atoms with van der Waals surface area (Å²) >= 11 is 3.31. The van der Waals surface area contributed by atoms with E-state index in [-0.39, 0.29) is 5.41 Å². The molecule has 4 aromatic rings. The predicted octanol–water partition coefficient (Wildman–Crippen LogP) is 4.55. The van der Waals surface area contributed by atoms with Crippen molar-refractivity contribution in [3.8, 4) is 10.7 Å². The minimum Gasteiger partial charge on any atom is -0.281 e. The van der Waals surface area contributed by atoms with Gasteiger partial charge in [0, 0.05) is 40.3 Å². The Morgan fingerprint density at radius 3 is 2.80 bits per heavy atom. The van der Waals surface area contributed by atoms with Crippen LogP contribution < -0.4 is 0 Å². The van der Waals surface area contributed by atoms with Gasteiger partial charge in [-0.2, -0.15) is 5.10 Å². The molecule has 5 rings (SSSR count). The predicted molar refractivity (Wildman–Crippen MR) is 102 cm³/mol. The van der Waals surface area contributed by atoms with Crippen molar-refractivity contribution in [3.05, 3.63) is 81.4 Å². The molecule has 0 fully saturated rings. The standard InChI is InChI=1S/C19H14N4S2/c1-2-4-13(5-3-1)19(16-11-20-12-25-16)7-6-14-15(10-19)22-23-17(14)18-21-8-9-24-18/h1-9,11-12H,10H2,(H,22,23). The lowest BCUT2D eigenvalue weighted by atomic mass is 9.72. The van der Waals surface area contributed by atoms with E-state index in [1.165, 1.54) is 10.4 Å². The Balaban J connectivity index is 1.66. The summed E-state index contributed by atoms with van der Waals surface area (Å²) in [6.45, 7) is 0. The first-order chi connectivity index (χ1) is 12.4. The fraction of sp³-hybridized carbons (Fsp3) is 0.105. The number of allylic oxidation sites excluding steroid dienone is 1. The zero-order valence-electron chi connectivity index (χ0n) is 13.2. The van der Waals surface area contributed by atoms with Gasteiger partial charge in [0.2, 0.25) is 0 Å². The molecule has 0 aliphatic heterocycles. The van der Waals surface area contributed by atoms with Crippen LogP contribution >= 0.6 is 22.7 Å². The molecule has 0 saturated carbocycles. The van der Waals surface area contributed by atoms with Crippen LogP contribution in [0.15, 0.2) is 59.7 Å². The van der Waals surface area contributed by atoms with Gasteiger partial charge in [0.15, 0.2) is 0 Å². The van der Waals surface area contributed by atoms with Gasteiger partial charge in [-0.05, 0) is 5.56 Å². The van der Waals surface area contributed by atoms with Crippen LogP contribution in [0.2, 0.25) is 0 Å². The van der Waals surface area contributed by atoms with Crippen molar-refractivity contribution in [2.45, 2.75) is 11.8 Å². The van der Waals surface area contributed by atoms with Gasteiger partial charge in [0.1, 0.15) is 10.7 Å². The zero-order valence-corrected chi connectivity index (χ0v) is 14.8. The van der Waals surface area contributed by atoms with Crippen molar-refractivity contribution >= 4 is 28.7 Å². The molecular formula is C19H14N4S2. The molecule has 0 bridgehead atoms. The molecule has 1 unspecified atom stereocenters. The Morgan fingerprint density at radius 2 is 2.04 bits per heavy atom. The number of hydrogen-bond donors (Lipinski definition) is 1. The molecule has 1 N–H and O–H groups in total. The molecule has 3 aromatic heterocycles. The van der Waals surface area contributed by atoms with Crippen molar-refractivity contribution in [1.82, 2.24) is 20.2 Å². The van der Waals surface area contributed by atoms with Crippen LogP contribution in [-0.4, -0.2) is 20.2 Å². The molecule has 1 aromatic carbocycles. The van der Waals surface area contributed by atoms with E-state index in [0.717, 1.165) is 28.4 Å². The second-order valence-corrected chi connectivity index (χ2v) is 7.80. The Bertz CT molecular complexity index is 1020. The molecule has 122 valence electrons. The first-order valence-corrected chi connectivity index (χ1v) is 9.73. The number of fused-ring (bicyclic) bond motifs is 1. The van der Waals surface area contributed by atoms with Crippen LogP contribution in [0.1, 0.15) is 21.7 Å². The summed E-state index contributed by atoms with van der Waals surface area (Å²) in [6.07, 6.45) is 9.12. The third-order valence-electron chi connectivity index (χ3n) is 4.67. The van der Waals surface area contributed by atoms with Gasteiger partial charge in [0.25, 0.3) is 0 Å². The zero-order chi connectivity index (χ0) is 16.7. The minimum absolute atomic E-state index is 0.206. The van der Waals surface area contributed by atoms with Crippen molar-refractivity contribution in [3.63, 3.8) is 0 Å². The van der Waals surface area contributed by atoms with Crippen molar-refractivity contribution in [2.24, 2.45) is 0 Å². The van der Waals surface area contributed by atoms with Gasteiger partial charge >= 0.3 is 0 Å². The lowest BCUT2D eigenvalue weighted by Gasteiger charge is -2.32. The number of aromatic nitrogens is 4. The summed E-state index contributed by atoms with van der Waals surface area (Å²) in [5.74, 6) is 0. The van der Waals surface area contributed by atoms with Crippen molar-refractivity contribution in [2.75, 3.05) is 0 Å². The van der Waals surface area contributed by atoms with Crippen molar-refractivity contribution < 1.29 is 0 Å². The summed E-state index contributed by atoms with van der Waals surface area (Å²) < 4.78 is 0. The van der Waals surface area contributed by atoms with E-state index in [1.807, 2.05) is 23.3 Å². The number of benzene rings is 1. The number of nitrogens with zero attached hydrogens (tertiary/aromatic N) is 3. The molecular weight excluding hydrogens is 348 g/mol. The molecule has 0 amide bonds. The lowest BCUT2D eigenvalue weighted by molar-refractivity contribution is 0.631. The first kappa shape index (κ1) is 14.7. The van der Waals surface area contributed by atoms with Crippen LogP contribution in [0.3, 0.4) is 0 Å². The van der Waals surface area contributed by atoms with Crippen LogP contribution in [-0.2, 0) is 11.8 Å². The smallest absolute Gasteiger partial charge is 0.144 e. The monoisotopic (exact) mass is 362 g/mol. The average Bonchev–Trinajstić information content (AvgIpc) is 3.42. The van der Waals surface area contributed by atoms with E-state index in [0.29, 0.717) is 0 Å². The molecule has 0 spiro atoms. The van der Waals surface area contributed by atoms with Crippen LogP contribution in [0.25, 0.3) is 16.8 Å². The Labute approximate surface area is 152 Å². The number of rotatable bonds is 3. The topological polar surface area (TPSA) is 54.5 Å². The molecule has 6 heteroatoms. The van der Waals surface area contributed by atoms with Crippen LogP contribution in [0.5, 0.6) is 0 Å². The molecule has 3 heterocycles. The third kappa shape index (κ3) is 2.29. The third-order valence-corrected chi connectivity index (χ3v) is 6.40. The number of thiazole rings is 2. The first-order valence-electron chi connectivity index (χ1n) is 7.98. The second-order valence-electron chi connectivity index (χ2n) is 6.01. The molecule has 1 aliphatic carbocycles. The highest BCUT2D eigenvalue weighted by atomic mass is 32.1. The molecule has 0 radical (unpaired) electrons. The molecule has 1 atom stereocenters. The lowest BCUT2D eigenvalue weighted by Crippen LogP contribution is -2.29. The van der Waals surface area contributed by atoms with Gasteiger partial charge < -0.3 is 0 Å². The summed E-state index contributed by atoms with van der Waals surface area (Å²) in [5, 5.41) is 10.7. The fourth-order valence-electron chi connectivity index (χ4n) is 3.45. The average molecular weight is 362 g/mol. The number of H-pyrrole nitrogens is 1. The van der Waals surface area contributed by atoms with Gasteiger partial charge in [-0.15, -0.1) is 22.7 Å². The van der Waals surface area contributed by atoms with Crippen LogP contribution in [0, 0.1) is 0 Å². The maximum atomic E-state index is 4.54. The minimum atomic E-state index is -0.206. The van der Waals surface area contributed by atoms with E-state index in [4.69, 9.17) is 0 Å². The molecule has 0 saturated heterocycles. The van der Waals surface area contributed by atoms with E-state index < -0.39 is 0 Å². The Hall–Kier alpha value is -2.57. The Kier molecular flexibility index (Phi) is 3.39. The summed E-state index contributed by atoms with van der Waals surface area (Å²) in [5.41, 5.74) is 6.19. The summed E-state index contributed by atoms with van der Waals surface area (Å²) in [4.78, 5) is 9.97. The van der Waals surface area contributed by atoms with Gasteiger partial charge in [-0.3, -0.25) is 10.1 Å². The fourth-order valence-corrected chi connectivity index (χ4v) is 4.91. The maximum absolute atomic E-state index is 4.54. The highest BCUT2D eigenvalue weighted by molar-refractivity contribution is 7.13. The number of hydrogen-bond acceptors (Lipinski definition) is 5. The molecule has 4 nitrogen and oxygen atoms in total. The molecule has 25 heavy (non-hydrogen) atoms. The summed E-state index contributed by atoms with van der Waals surface area (Å²) in [7, 11) is 0. The van der Waals surface area contributed by atoms with Crippen molar-refractivity contribution in [1.29, 1.82) is 0 Å². The van der Waals surface area contributed by atoms with Gasteiger partial charge in [0.05, 0.1) is 10.9 Å². The van der Waals surface area contributed by atoms with E-state index in [1.54, 1.807) is 22.7 Å². The number of aromatic amines is 1. The number of nitrogens with one attached hydrogen (secondary N) is 1. The SMILES string of the molecule is C1=CC(c2ccccc2)(c2cncs2)Cc2[nH]nc(-c3nccs3)c21. The van der Waals surface area contributed by atoms with Gasteiger partial charge in [-0.25, -0.2) is 4.98 Å². The highest BCUT2D eigenvalue weighted by Crippen LogP contribution is 2.44. The normalized spacial score (nSPS) is 19.0. The maximum Gasteiger partial charge on any atom is 0.144 e. The van der Waals surface area contributed by atoms with E-state index in [9.17, 15) is 0 Å². The van der Waals surface area contributed by atoms with E-state index >= 15 is 0 Å². The largest absolute Gasteiger partial charge is 0.281 e. The highest BCUT2D eigenvalue weighted by Gasteiger charge is 2.37. The molecule has 1 aliphatic rings. The second kappa shape index (κ2) is 5.75. The van der Waals surface area contributed by atoms with E-state index in [2.05, 4.69) is 62.6 Å². The quantitative estimate of drug-likeness (QED) is 0.582. The van der Waals surface area contributed by atoms with Crippen LogP contribution in [0.4, 0.5) is 0 Å². The summed E-state index contributed by atoms with van der Waals surface area (Å²) in [6, 6.07) is 10.6. The van der Waals surface area contributed by atoms with Gasteiger partial charge in [-0.1, -0.05) is 42.5 Å².